The lowest BCUT2D eigenvalue weighted by Gasteiger charge is -2.12. The summed E-state index contributed by atoms with van der Waals surface area (Å²) < 4.78 is 11.4. The minimum atomic E-state index is 0.539. The van der Waals surface area contributed by atoms with Gasteiger partial charge in [-0.15, -0.1) is 0 Å². The van der Waals surface area contributed by atoms with Gasteiger partial charge in [-0.3, -0.25) is 4.79 Å². The quantitative estimate of drug-likeness (QED) is 0.337. The number of benzene rings is 2. The Morgan fingerprint density at radius 3 is 2.56 bits per heavy atom. The Morgan fingerprint density at radius 2 is 1.84 bits per heavy atom. The van der Waals surface area contributed by atoms with Crippen molar-refractivity contribution in [3.63, 3.8) is 0 Å². The Hall–Kier alpha value is -2.55. The van der Waals surface area contributed by atoms with E-state index in [0.29, 0.717) is 30.3 Å². The van der Waals surface area contributed by atoms with Crippen LogP contribution < -0.4 is 9.47 Å². The molecule has 0 aromatic heterocycles. The van der Waals surface area contributed by atoms with Gasteiger partial charge in [0.1, 0.15) is 6.29 Å². The summed E-state index contributed by atoms with van der Waals surface area (Å²) in [5, 5.41) is 0. The second kappa shape index (κ2) is 10.3. The van der Waals surface area contributed by atoms with Gasteiger partial charge in [0.15, 0.2) is 11.5 Å². The van der Waals surface area contributed by atoms with Crippen molar-refractivity contribution in [1.82, 2.24) is 0 Å². The smallest absolute Gasteiger partial charge is 0.161 e. The minimum absolute atomic E-state index is 0.539. The summed E-state index contributed by atoms with van der Waals surface area (Å²) in [6.07, 6.45) is 6.00. The molecule has 0 N–H and O–H groups in total. The summed E-state index contributed by atoms with van der Waals surface area (Å²) in [5.74, 6) is 1.31. The summed E-state index contributed by atoms with van der Waals surface area (Å²) >= 11 is 0. The third kappa shape index (κ3) is 6.46. The van der Waals surface area contributed by atoms with Crippen molar-refractivity contribution in [3.05, 3.63) is 71.3 Å². The van der Waals surface area contributed by atoms with E-state index in [9.17, 15) is 4.79 Å². The molecule has 0 radical (unpaired) electrons. The minimum Gasteiger partial charge on any atom is -0.490 e. The molecule has 2 aromatic carbocycles. The molecule has 0 heterocycles. The fraction of sp³-hybridized carbons (Fsp3) is 0.318. The molecule has 0 atom stereocenters. The molecule has 25 heavy (non-hydrogen) atoms. The first kappa shape index (κ1) is 18.8. The van der Waals surface area contributed by atoms with E-state index >= 15 is 0 Å². The molecular formula is C22H26O3. The lowest BCUT2D eigenvalue weighted by atomic mass is 10.1. The van der Waals surface area contributed by atoms with Gasteiger partial charge in [-0.2, -0.15) is 0 Å². The maximum absolute atomic E-state index is 10.9. The Morgan fingerprint density at radius 1 is 1.04 bits per heavy atom. The van der Waals surface area contributed by atoms with E-state index in [1.165, 1.54) is 11.1 Å². The first-order chi connectivity index (χ1) is 12.2. The molecule has 0 amide bonds. The van der Waals surface area contributed by atoms with Crippen LogP contribution in [0.25, 0.3) is 0 Å². The van der Waals surface area contributed by atoms with E-state index in [2.05, 4.69) is 37.3 Å². The van der Waals surface area contributed by atoms with Crippen LogP contribution in [-0.2, 0) is 6.42 Å². The molecular weight excluding hydrogens is 312 g/mol. The number of hydrogen-bond acceptors (Lipinski definition) is 3. The lowest BCUT2D eigenvalue weighted by Crippen LogP contribution is -2.01. The molecule has 0 saturated carbocycles. The lowest BCUT2D eigenvalue weighted by molar-refractivity contribution is 0.112. The average molecular weight is 338 g/mol. The van der Waals surface area contributed by atoms with E-state index in [-0.39, 0.29) is 0 Å². The normalized spacial score (nSPS) is 11.2. The van der Waals surface area contributed by atoms with Crippen LogP contribution in [0.4, 0.5) is 0 Å². The summed E-state index contributed by atoms with van der Waals surface area (Å²) in [4.78, 5) is 10.9. The van der Waals surface area contributed by atoms with E-state index in [4.69, 9.17) is 9.47 Å². The molecule has 2 rings (SSSR count). The Bertz CT molecular complexity index is 690. The van der Waals surface area contributed by atoms with Crippen LogP contribution in [-0.4, -0.2) is 19.5 Å². The van der Waals surface area contributed by atoms with Crippen LogP contribution in [0.3, 0.4) is 0 Å². The van der Waals surface area contributed by atoms with Crippen LogP contribution in [0, 0.1) is 0 Å². The molecule has 2 aromatic rings. The molecule has 3 nitrogen and oxygen atoms in total. The number of rotatable bonds is 10. The first-order valence-electron chi connectivity index (χ1n) is 8.77. The highest BCUT2D eigenvalue weighted by atomic mass is 16.5. The van der Waals surface area contributed by atoms with Gasteiger partial charge in [-0.05, 0) is 56.9 Å². The van der Waals surface area contributed by atoms with Gasteiger partial charge < -0.3 is 9.47 Å². The zero-order chi connectivity index (χ0) is 17.9. The summed E-state index contributed by atoms with van der Waals surface area (Å²) in [7, 11) is 0. The third-order valence-electron chi connectivity index (χ3n) is 3.92. The van der Waals surface area contributed by atoms with Crippen LogP contribution in [0.2, 0.25) is 0 Å². The van der Waals surface area contributed by atoms with E-state index in [1.54, 1.807) is 18.2 Å². The van der Waals surface area contributed by atoms with E-state index < -0.39 is 0 Å². The van der Waals surface area contributed by atoms with E-state index in [0.717, 1.165) is 25.5 Å². The summed E-state index contributed by atoms with van der Waals surface area (Å²) in [6.45, 7) is 5.20. The Balaban J connectivity index is 1.80. The van der Waals surface area contributed by atoms with Crippen LogP contribution >= 0.6 is 0 Å². The topological polar surface area (TPSA) is 35.5 Å². The maximum atomic E-state index is 10.9. The van der Waals surface area contributed by atoms with Gasteiger partial charge in [0, 0.05) is 5.56 Å². The Labute approximate surface area is 150 Å². The zero-order valence-corrected chi connectivity index (χ0v) is 15.0. The van der Waals surface area contributed by atoms with Crippen molar-refractivity contribution < 1.29 is 14.3 Å². The molecule has 0 bridgehead atoms. The molecule has 0 aliphatic carbocycles. The fourth-order valence-corrected chi connectivity index (χ4v) is 2.55. The zero-order valence-electron chi connectivity index (χ0n) is 15.0. The van der Waals surface area contributed by atoms with Crippen molar-refractivity contribution in [1.29, 1.82) is 0 Å². The molecule has 132 valence electrons. The number of hydrogen-bond donors (Lipinski definition) is 0. The molecule has 0 fully saturated rings. The number of carbonyl (C=O) groups excluding carboxylic acids is 1. The summed E-state index contributed by atoms with van der Waals surface area (Å²) in [5.41, 5.74) is 3.32. The number of carbonyl (C=O) groups is 1. The molecule has 3 heteroatoms. The average Bonchev–Trinajstić information content (AvgIpc) is 2.65. The molecule has 0 spiro atoms. The molecule has 0 saturated heterocycles. The maximum Gasteiger partial charge on any atom is 0.161 e. The van der Waals surface area contributed by atoms with Gasteiger partial charge in [0.25, 0.3) is 0 Å². The monoisotopic (exact) mass is 338 g/mol. The molecule has 0 aliphatic heterocycles. The van der Waals surface area contributed by atoms with Gasteiger partial charge in [0.2, 0.25) is 0 Å². The van der Waals surface area contributed by atoms with Crippen LogP contribution in [0.1, 0.15) is 42.6 Å². The highest BCUT2D eigenvalue weighted by Gasteiger charge is 2.06. The van der Waals surface area contributed by atoms with Gasteiger partial charge in [-0.1, -0.05) is 42.0 Å². The van der Waals surface area contributed by atoms with Crippen molar-refractivity contribution in [2.24, 2.45) is 0 Å². The first-order valence-corrected chi connectivity index (χ1v) is 8.77. The van der Waals surface area contributed by atoms with Crippen molar-refractivity contribution in [2.45, 2.75) is 33.1 Å². The second-order valence-electron chi connectivity index (χ2n) is 5.93. The molecule has 0 unspecified atom stereocenters. The van der Waals surface area contributed by atoms with Gasteiger partial charge in [0.05, 0.1) is 13.2 Å². The van der Waals surface area contributed by atoms with Crippen molar-refractivity contribution in [3.8, 4) is 11.5 Å². The van der Waals surface area contributed by atoms with E-state index in [1.807, 2.05) is 13.0 Å². The number of aldehydes is 1. The number of allylic oxidation sites excluding steroid dienone is 1. The standard InChI is InChI=1S/C22H26O3/c1-3-24-22-16-20(17-23)13-14-21(22)25-15-7-8-18(2)11-12-19-9-5-4-6-10-19/h4-6,8-10,13-14,16-17H,3,7,11-12,15H2,1-2H3. The predicted molar refractivity (Wildman–Crippen MR) is 102 cm³/mol. The van der Waals surface area contributed by atoms with Crippen molar-refractivity contribution in [2.75, 3.05) is 13.2 Å². The number of aryl methyl sites for hydroxylation is 1. The van der Waals surface area contributed by atoms with Crippen molar-refractivity contribution >= 4 is 6.29 Å². The largest absolute Gasteiger partial charge is 0.490 e. The van der Waals surface area contributed by atoms with Gasteiger partial charge in [-0.25, -0.2) is 0 Å². The SMILES string of the molecule is CCOc1cc(C=O)ccc1OCCC=C(C)CCc1ccccc1. The Kier molecular flexibility index (Phi) is 7.77. The van der Waals surface area contributed by atoms with Crippen LogP contribution in [0.15, 0.2) is 60.2 Å². The van der Waals surface area contributed by atoms with Crippen LogP contribution in [0.5, 0.6) is 11.5 Å². The predicted octanol–water partition coefficient (Wildman–Crippen LogP) is 5.25. The number of ether oxygens (including phenoxy) is 2. The van der Waals surface area contributed by atoms with Gasteiger partial charge >= 0.3 is 0 Å². The summed E-state index contributed by atoms with van der Waals surface area (Å²) in [6, 6.07) is 15.8. The second-order valence-corrected chi connectivity index (χ2v) is 5.93. The highest BCUT2D eigenvalue weighted by molar-refractivity contribution is 5.76. The fourth-order valence-electron chi connectivity index (χ4n) is 2.55. The highest BCUT2D eigenvalue weighted by Crippen LogP contribution is 2.28. The molecule has 0 aliphatic rings. The third-order valence-corrected chi connectivity index (χ3v) is 3.92.